The molecule has 2 aromatic heterocycles. The van der Waals surface area contributed by atoms with Gasteiger partial charge in [0.15, 0.2) is 0 Å². The molecule has 14 heavy (non-hydrogen) atoms. The molecule has 0 bridgehead atoms. The average molecular weight is 203 g/mol. The van der Waals surface area contributed by atoms with Crippen LogP contribution in [-0.2, 0) is 0 Å². The van der Waals surface area contributed by atoms with Gasteiger partial charge >= 0.3 is 0 Å². The first-order chi connectivity index (χ1) is 6.77. The van der Waals surface area contributed by atoms with Crippen molar-refractivity contribution in [3.8, 4) is 11.8 Å². The third-order valence-electron chi connectivity index (χ3n) is 1.78. The summed E-state index contributed by atoms with van der Waals surface area (Å²) in [4.78, 5) is 4.17. The minimum atomic E-state index is -0.606. The summed E-state index contributed by atoms with van der Waals surface area (Å²) in [6.07, 6.45) is 1.14. The molecule has 2 nitrogen and oxygen atoms in total. The fourth-order valence-corrected chi connectivity index (χ4v) is 1.95. The number of hydrogen-bond donors (Lipinski definition) is 1. The van der Waals surface area contributed by atoms with Gasteiger partial charge in [0, 0.05) is 16.3 Å². The summed E-state index contributed by atoms with van der Waals surface area (Å²) in [7, 11) is 0. The molecule has 0 aliphatic heterocycles. The van der Waals surface area contributed by atoms with E-state index in [1.807, 2.05) is 17.5 Å². The maximum absolute atomic E-state index is 9.04. The molecule has 0 aromatic carbocycles. The predicted molar refractivity (Wildman–Crippen MR) is 58.2 cm³/mol. The number of aliphatic hydroxyl groups excluding tert-OH is 1. The van der Waals surface area contributed by atoms with Crippen molar-refractivity contribution < 1.29 is 5.11 Å². The zero-order valence-electron chi connectivity index (χ0n) is 7.69. The fourth-order valence-electron chi connectivity index (χ4n) is 1.17. The van der Waals surface area contributed by atoms with E-state index in [0.29, 0.717) is 0 Å². The largest absolute Gasteiger partial charge is 0.381 e. The van der Waals surface area contributed by atoms with Gasteiger partial charge in [-0.15, -0.1) is 11.3 Å². The van der Waals surface area contributed by atoms with Crippen LogP contribution in [-0.4, -0.2) is 16.2 Å². The van der Waals surface area contributed by atoms with Gasteiger partial charge in [-0.1, -0.05) is 5.92 Å². The molecule has 0 radical (unpaired) electrons. The van der Waals surface area contributed by atoms with Crippen LogP contribution < -0.4 is 0 Å². The first kappa shape index (κ1) is 9.20. The Morgan fingerprint density at radius 2 is 2.36 bits per heavy atom. The van der Waals surface area contributed by atoms with Crippen LogP contribution in [0.2, 0.25) is 0 Å². The minimum Gasteiger partial charge on any atom is -0.381 e. The highest BCUT2D eigenvalue weighted by molar-refractivity contribution is 7.17. The topological polar surface area (TPSA) is 33.1 Å². The van der Waals surface area contributed by atoms with Gasteiger partial charge in [0.2, 0.25) is 0 Å². The molecule has 0 aliphatic rings. The van der Waals surface area contributed by atoms with Gasteiger partial charge in [-0.3, -0.25) is 0 Å². The molecule has 3 heteroatoms. The van der Waals surface area contributed by atoms with Crippen LogP contribution >= 0.6 is 11.3 Å². The molecule has 1 N–H and O–H groups in total. The number of rotatable bonds is 0. The van der Waals surface area contributed by atoms with E-state index in [0.717, 1.165) is 11.1 Å². The molecule has 0 aliphatic carbocycles. The van der Waals surface area contributed by atoms with E-state index in [-0.39, 0.29) is 0 Å². The smallest absolute Gasteiger partial charge is 0.121 e. The summed E-state index contributed by atoms with van der Waals surface area (Å²) in [6.45, 7) is 1.64. The normalized spacial score (nSPS) is 12.1. The summed E-state index contributed by atoms with van der Waals surface area (Å²) >= 11 is 1.67. The standard InChI is InChI=1S/C11H9NOS/c1-8(13)2-3-10-9-5-7-14-11(9)4-6-12-10/h4-8,13H,1H3/t8-/m1/s1. The average Bonchev–Trinajstić information content (AvgIpc) is 2.62. The molecule has 0 fully saturated rings. The number of aromatic nitrogens is 1. The molecule has 2 rings (SSSR count). The third-order valence-corrected chi connectivity index (χ3v) is 2.66. The Morgan fingerprint density at radius 3 is 3.14 bits per heavy atom. The van der Waals surface area contributed by atoms with Gasteiger partial charge in [0.1, 0.15) is 11.8 Å². The molecule has 1 atom stereocenters. The third kappa shape index (κ3) is 1.77. The molecular formula is C11H9NOS. The van der Waals surface area contributed by atoms with E-state index in [1.54, 1.807) is 24.5 Å². The Balaban J connectivity index is 2.53. The van der Waals surface area contributed by atoms with Crippen LogP contribution in [0, 0.1) is 11.8 Å². The van der Waals surface area contributed by atoms with Crippen LogP contribution in [0.15, 0.2) is 23.7 Å². The molecule has 0 unspecified atom stereocenters. The Hall–Kier alpha value is -1.37. The quantitative estimate of drug-likeness (QED) is 0.664. The Kier molecular flexibility index (Phi) is 2.49. The van der Waals surface area contributed by atoms with Crippen molar-refractivity contribution in [1.29, 1.82) is 0 Å². The van der Waals surface area contributed by atoms with Crippen LogP contribution in [0.1, 0.15) is 12.6 Å². The highest BCUT2D eigenvalue weighted by Gasteiger charge is 1.99. The second-order valence-electron chi connectivity index (χ2n) is 2.94. The van der Waals surface area contributed by atoms with Crippen molar-refractivity contribution in [3.63, 3.8) is 0 Å². The summed E-state index contributed by atoms with van der Waals surface area (Å²) in [5, 5.41) is 12.1. The summed E-state index contributed by atoms with van der Waals surface area (Å²) in [5.74, 6) is 5.56. The maximum atomic E-state index is 9.04. The number of aliphatic hydroxyl groups is 1. The fraction of sp³-hybridized carbons (Fsp3) is 0.182. The van der Waals surface area contributed by atoms with E-state index in [9.17, 15) is 0 Å². The van der Waals surface area contributed by atoms with Crippen molar-refractivity contribution in [2.24, 2.45) is 0 Å². The lowest BCUT2D eigenvalue weighted by Crippen LogP contribution is -1.93. The first-order valence-electron chi connectivity index (χ1n) is 4.29. The minimum absolute atomic E-state index is 0.606. The first-order valence-corrected chi connectivity index (χ1v) is 5.17. The summed E-state index contributed by atoms with van der Waals surface area (Å²) in [5.41, 5.74) is 0.740. The van der Waals surface area contributed by atoms with Gasteiger partial charge in [-0.2, -0.15) is 0 Å². The monoisotopic (exact) mass is 203 g/mol. The number of fused-ring (bicyclic) bond motifs is 1. The van der Waals surface area contributed by atoms with Crippen LogP contribution in [0.3, 0.4) is 0 Å². The highest BCUT2D eigenvalue weighted by Crippen LogP contribution is 2.21. The van der Waals surface area contributed by atoms with Crippen molar-refractivity contribution in [2.75, 3.05) is 0 Å². The Bertz CT molecular complexity index is 504. The summed E-state index contributed by atoms with van der Waals surface area (Å²) in [6, 6.07) is 3.96. The zero-order chi connectivity index (χ0) is 9.97. The number of thiophene rings is 1. The molecule has 2 heterocycles. The molecular weight excluding hydrogens is 194 g/mol. The van der Waals surface area contributed by atoms with Crippen LogP contribution in [0.25, 0.3) is 10.1 Å². The van der Waals surface area contributed by atoms with Crippen molar-refractivity contribution in [1.82, 2.24) is 4.98 Å². The second-order valence-corrected chi connectivity index (χ2v) is 3.88. The Labute approximate surface area is 86.2 Å². The summed E-state index contributed by atoms with van der Waals surface area (Å²) < 4.78 is 1.18. The van der Waals surface area contributed by atoms with Crippen molar-refractivity contribution in [3.05, 3.63) is 29.4 Å². The molecule has 0 saturated heterocycles. The molecule has 0 spiro atoms. The highest BCUT2D eigenvalue weighted by atomic mass is 32.1. The molecule has 0 saturated carbocycles. The second kappa shape index (κ2) is 3.79. The Morgan fingerprint density at radius 1 is 1.50 bits per heavy atom. The maximum Gasteiger partial charge on any atom is 0.121 e. The number of nitrogens with zero attached hydrogens (tertiary/aromatic N) is 1. The van der Waals surface area contributed by atoms with Gasteiger partial charge in [0.05, 0.1) is 0 Å². The van der Waals surface area contributed by atoms with Crippen molar-refractivity contribution >= 4 is 21.4 Å². The van der Waals surface area contributed by atoms with E-state index < -0.39 is 6.10 Å². The lowest BCUT2D eigenvalue weighted by molar-refractivity contribution is 0.253. The molecule has 0 amide bonds. The zero-order valence-corrected chi connectivity index (χ0v) is 8.51. The van der Waals surface area contributed by atoms with E-state index in [4.69, 9.17) is 5.11 Å². The predicted octanol–water partition coefficient (Wildman–Crippen LogP) is 2.03. The van der Waals surface area contributed by atoms with E-state index in [1.165, 1.54) is 4.70 Å². The van der Waals surface area contributed by atoms with E-state index in [2.05, 4.69) is 16.8 Å². The van der Waals surface area contributed by atoms with Gasteiger partial charge < -0.3 is 5.11 Å². The molecule has 70 valence electrons. The van der Waals surface area contributed by atoms with Gasteiger partial charge in [-0.05, 0) is 30.4 Å². The number of hydrogen-bond acceptors (Lipinski definition) is 3. The lowest BCUT2D eigenvalue weighted by Gasteiger charge is -1.92. The van der Waals surface area contributed by atoms with E-state index >= 15 is 0 Å². The number of pyridine rings is 1. The van der Waals surface area contributed by atoms with Crippen molar-refractivity contribution in [2.45, 2.75) is 13.0 Å². The van der Waals surface area contributed by atoms with Gasteiger partial charge in [-0.25, -0.2) is 4.98 Å². The van der Waals surface area contributed by atoms with Gasteiger partial charge in [0.25, 0.3) is 0 Å². The SMILES string of the molecule is C[C@@H](O)C#Cc1nccc2sccc12. The van der Waals surface area contributed by atoms with Crippen LogP contribution in [0.4, 0.5) is 0 Å². The van der Waals surface area contributed by atoms with Crippen LogP contribution in [0.5, 0.6) is 0 Å². The lowest BCUT2D eigenvalue weighted by atomic mass is 10.2. The molecule has 2 aromatic rings.